The van der Waals surface area contributed by atoms with E-state index in [0.29, 0.717) is 12.0 Å². The van der Waals surface area contributed by atoms with E-state index in [-0.39, 0.29) is 0 Å². The quantitative estimate of drug-likeness (QED) is 0.722. The van der Waals surface area contributed by atoms with Crippen LogP contribution in [0.3, 0.4) is 0 Å². The average Bonchev–Trinajstić information content (AvgIpc) is 2.52. The van der Waals surface area contributed by atoms with Crippen molar-refractivity contribution in [2.75, 3.05) is 13.1 Å². The molecule has 0 aromatic carbocycles. The predicted molar refractivity (Wildman–Crippen MR) is 57.7 cm³/mol. The number of likely N-dealkylation sites (tertiary alicyclic amines) is 1. The second-order valence-corrected chi connectivity index (χ2v) is 4.70. The molecule has 0 spiro atoms. The van der Waals surface area contributed by atoms with E-state index in [1.807, 2.05) is 0 Å². The highest BCUT2D eigenvalue weighted by Crippen LogP contribution is 2.24. The first-order valence-electron chi connectivity index (χ1n) is 5.61. The molecule has 1 aliphatic rings. The second-order valence-electron chi connectivity index (χ2n) is 4.70. The Kier molecular flexibility index (Phi) is 4.20. The van der Waals surface area contributed by atoms with Crippen LogP contribution in [-0.4, -0.2) is 30.1 Å². The third-order valence-corrected chi connectivity index (χ3v) is 3.16. The van der Waals surface area contributed by atoms with Crippen LogP contribution in [0.4, 0.5) is 0 Å². The molecule has 0 aromatic heterocycles. The Bertz CT molecular complexity index is 145. The van der Waals surface area contributed by atoms with Gasteiger partial charge in [0.15, 0.2) is 0 Å². The van der Waals surface area contributed by atoms with Crippen molar-refractivity contribution in [3.8, 4) is 0 Å². The van der Waals surface area contributed by atoms with Gasteiger partial charge in [-0.05, 0) is 52.1 Å². The van der Waals surface area contributed by atoms with Gasteiger partial charge >= 0.3 is 0 Å². The van der Waals surface area contributed by atoms with Crippen molar-refractivity contribution < 1.29 is 0 Å². The smallest absolute Gasteiger partial charge is 0.0101 e. The fourth-order valence-corrected chi connectivity index (χ4v) is 2.35. The van der Waals surface area contributed by atoms with Crippen LogP contribution in [0, 0.1) is 5.92 Å². The van der Waals surface area contributed by atoms with Crippen LogP contribution in [0.15, 0.2) is 0 Å². The molecule has 0 saturated carbocycles. The Morgan fingerprint density at radius 2 is 2.08 bits per heavy atom. The predicted octanol–water partition coefficient (Wildman–Crippen LogP) is 1.84. The van der Waals surface area contributed by atoms with E-state index in [9.17, 15) is 0 Å². The van der Waals surface area contributed by atoms with Gasteiger partial charge in [-0.2, -0.15) is 0 Å². The Morgan fingerprint density at radius 1 is 1.38 bits per heavy atom. The van der Waals surface area contributed by atoms with Crippen LogP contribution in [0.1, 0.15) is 40.0 Å². The van der Waals surface area contributed by atoms with Crippen molar-refractivity contribution >= 4 is 0 Å². The third kappa shape index (κ3) is 2.96. The van der Waals surface area contributed by atoms with Crippen LogP contribution in [0.25, 0.3) is 0 Å². The molecule has 0 aromatic rings. The molecule has 0 aliphatic carbocycles. The minimum Gasteiger partial charge on any atom is -0.330 e. The highest BCUT2D eigenvalue weighted by atomic mass is 15.2. The summed E-state index contributed by atoms with van der Waals surface area (Å²) in [7, 11) is 0. The van der Waals surface area contributed by atoms with E-state index >= 15 is 0 Å². The molecule has 2 unspecified atom stereocenters. The van der Waals surface area contributed by atoms with Crippen molar-refractivity contribution in [3.05, 3.63) is 0 Å². The summed E-state index contributed by atoms with van der Waals surface area (Å²) in [6, 6.07) is 1.51. The fraction of sp³-hybridized carbons (Fsp3) is 1.00. The van der Waals surface area contributed by atoms with E-state index in [1.54, 1.807) is 0 Å². The summed E-state index contributed by atoms with van der Waals surface area (Å²) in [6.45, 7) is 8.98. The molecule has 13 heavy (non-hydrogen) atoms. The van der Waals surface area contributed by atoms with Gasteiger partial charge in [0, 0.05) is 12.1 Å². The van der Waals surface area contributed by atoms with Crippen molar-refractivity contribution in [1.82, 2.24) is 4.90 Å². The van der Waals surface area contributed by atoms with Gasteiger partial charge in [0.2, 0.25) is 0 Å². The van der Waals surface area contributed by atoms with E-state index in [0.717, 1.165) is 12.6 Å². The maximum atomic E-state index is 5.65. The molecule has 0 radical (unpaired) electrons. The lowest BCUT2D eigenvalue weighted by Gasteiger charge is -2.29. The van der Waals surface area contributed by atoms with Gasteiger partial charge in [-0.15, -0.1) is 0 Å². The highest BCUT2D eigenvalue weighted by molar-refractivity contribution is 4.82. The van der Waals surface area contributed by atoms with Crippen LogP contribution in [0.2, 0.25) is 0 Å². The Hall–Kier alpha value is -0.0800. The molecule has 2 nitrogen and oxygen atoms in total. The lowest BCUT2D eigenvalue weighted by Crippen LogP contribution is -2.37. The molecule has 2 heteroatoms. The summed E-state index contributed by atoms with van der Waals surface area (Å²) in [4.78, 5) is 2.63. The molecule has 0 bridgehead atoms. The molecule has 1 fully saturated rings. The molecule has 1 rings (SSSR count). The molecule has 0 amide bonds. The first-order chi connectivity index (χ1) is 6.15. The van der Waals surface area contributed by atoms with Crippen LogP contribution < -0.4 is 5.73 Å². The molecule has 2 N–H and O–H groups in total. The van der Waals surface area contributed by atoms with Gasteiger partial charge in [0.05, 0.1) is 0 Å². The number of hydrogen-bond acceptors (Lipinski definition) is 2. The minimum absolute atomic E-state index is 0.685. The minimum atomic E-state index is 0.685. The maximum Gasteiger partial charge on any atom is 0.0101 e. The summed E-state index contributed by atoms with van der Waals surface area (Å²) in [5.41, 5.74) is 5.65. The summed E-state index contributed by atoms with van der Waals surface area (Å²) in [5, 5.41) is 0. The molecule has 78 valence electrons. The monoisotopic (exact) mass is 184 g/mol. The average molecular weight is 184 g/mol. The summed E-state index contributed by atoms with van der Waals surface area (Å²) < 4.78 is 0. The van der Waals surface area contributed by atoms with Gasteiger partial charge in [0.1, 0.15) is 0 Å². The molecular weight excluding hydrogens is 160 g/mol. The SMILES string of the molecule is CC(CN)CC1CCCN1C(C)C. The third-order valence-electron chi connectivity index (χ3n) is 3.16. The number of nitrogens with two attached hydrogens (primary N) is 1. The summed E-state index contributed by atoms with van der Waals surface area (Å²) in [5.74, 6) is 0.685. The molecule has 1 heterocycles. The fourth-order valence-electron chi connectivity index (χ4n) is 2.35. The van der Waals surface area contributed by atoms with E-state index in [1.165, 1.54) is 25.8 Å². The standard InChI is InChI=1S/C11H24N2/c1-9(2)13-6-4-5-11(13)7-10(3)8-12/h9-11H,4-8,12H2,1-3H3. The first kappa shape index (κ1) is 11.0. The molecule has 1 aliphatic heterocycles. The highest BCUT2D eigenvalue weighted by Gasteiger charge is 2.27. The molecule has 1 saturated heterocycles. The zero-order valence-electron chi connectivity index (χ0n) is 9.29. The lowest BCUT2D eigenvalue weighted by molar-refractivity contribution is 0.181. The normalized spacial score (nSPS) is 27.0. The largest absolute Gasteiger partial charge is 0.330 e. The van der Waals surface area contributed by atoms with E-state index < -0.39 is 0 Å². The number of rotatable bonds is 4. The summed E-state index contributed by atoms with van der Waals surface area (Å²) >= 11 is 0. The Labute approximate surface area is 82.5 Å². The maximum absolute atomic E-state index is 5.65. The van der Waals surface area contributed by atoms with Gasteiger partial charge in [-0.3, -0.25) is 4.90 Å². The van der Waals surface area contributed by atoms with Gasteiger partial charge in [0.25, 0.3) is 0 Å². The van der Waals surface area contributed by atoms with Crippen LogP contribution in [0.5, 0.6) is 0 Å². The zero-order chi connectivity index (χ0) is 9.84. The van der Waals surface area contributed by atoms with Crippen molar-refractivity contribution in [2.45, 2.75) is 52.1 Å². The van der Waals surface area contributed by atoms with E-state index in [4.69, 9.17) is 5.73 Å². The van der Waals surface area contributed by atoms with Gasteiger partial charge < -0.3 is 5.73 Å². The number of hydrogen-bond donors (Lipinski definition) is 1. The van der Waals surface area contributed by atoms with Crippen molar-refractivity contribution in [2.24, 2.45) is 11.7 Å². The lowest BCUT2D eigenvalue weighted by atomic mass is 10.00. The Balaban J connectivity index is 2.39. The molecular formula is C11H24N2. The Morgan fingerprint density at radius 3 is 2.62 bits per heavy atom. The first-order valence-corrected chi connectivity index (χ1v) is 5.61. The molecule has 2 atom stereocenters. The van der Waals surface area contributed by atoms with E-state index in [2.05, 4.69) is 25.7 Å². The van der Waals surface area contributed by atoms with Crippen LogP contribution >= 0.6 is 0 Å². The van der Waals surface area contributed by atoms with Gasteiger partial charge in [-0.25, -0.2) is 0 Å². The second kappa shape index (κ2) is 4.97. The van der Waals surface area contributed by atoms with Crippen LogP contribution in [-0.2, 0) is 0 Å². The van der Waals surface area contributed by atoms with Crippen molar-refractivity contribution in [3.63, 3.8) is 0 Å². The van der Waals surface area contributed by atoms with Crippen molar-refractivity contribution in [1.29, 1.82) is 0 Å². The number of nitrogens with zero attached hydrogens (tertiary/aromatic N) is 1. The zero-order valence-corrected chi connectivity index (χ0v) is 9.29. The topological polar surface area (TPSA) is 29.3 Å². The summed E-state index contributed by atoms with van der Waals surface area (Å²) in [6.07, 6.45) is 4.04. The van der Waals surface area contributed by atoms with Gasteiger partial charge in [-0.1, -0.05) is 6.92 Å².